The average Bonchev–Trinajstić information content (AvgIpc) is 2.15. The molecule has 0 aromatic carbocycles. The van der Waals surface area contributed by atoms with E-state index in [2.05, 4.69) is 31.6 Å². The van der Waals surface area contributed by atoms with Crippen LogP contribution in [0.2, 0.25) is 0 Å². The summed E-state index contributed by atoms with van der Waals surface area (Å²) in [6.07, 6.45) is 6.12. The summed E-state index contributed by atoms with van der Waals surface area (Å²) < 4.78 is 0. The quantitative estimate of drug-likeness (QED) is 0.503. The minimum atomic E-state index is -0.289. The highest BCUT2D eigenvalue weighted by atomic mass is 16.1. The molecular weight excluding hydrogens is 162 g/mol. The molecule has 0 aliphatic heterocycles. The molecule has 1 amide bonds. The van der Waals surface area contributed by atoms with Crippen LogP contribution in [0.3, 0.4) is 0 Å². The lowest BCUT2D eigenvalue weighted by atomic mass is 10.2. The Morgan fingerprint density at radius 2 is 1.77 bits per heavy atom. The molecule has 0 aromatic heterocycles. The van der Waals surface area contributed by atoms with Gasteiger partial charge in [0, 0.05) is 11.3 Å². The molecule has 0 aliphatic carbocycles. The van der Waals surface area contributed by atoms with Crippen molar-refractivity contribution in [1.82, 2.24) is 5.32 Å². The smallest absolute Gasteiger partial charge is 0.255 e. The highest BCUT2D eigenvalue weighted by Crippen LogP contribution is 1.96. The van der Waals surface area contributed by atoms with Crippen LogP contribution in [-0.2, 0) is 4.79 Å². The van der Waals surface area contributed by atoms with Crippen molar-refractivity contribution in [2.45, 2.75) is 0 Å². The van der Waals surface area contributed by atoms with Crippen molar-refractivity contribution >= 4 is 5.91 Å². The van der Waals surface area contributed by atoms with Crippen LogP contribution in [0.5, 0.6) is 0 Å². The van der Waals surface area contributed by atoms with Crippen LogP contribution in [0.4, 0.5) is 0 Å². The Hall–Kier alpha value is -1.83. The van der Waals surface area contributed by atoms with Crippen LogP contribution < -0.4 is 5.32 Å². The standard InChI is InChI=1S/C11H13NO/c1-5-8-10(7-3)12-11(13)9(4)6-2/h5-8H,1-4H2,(H,12,13)/b10-8+. The predicted octanol–water partition coefficient (Wildman–Crippen LogP) is 2.10. The van der Waals surface area contributed by atoms with E-state index in [1.165, 1.54) is 12.2 Å². The van der Waals surface area contributed by atoms with Crippen molar-refractivity contribution in [3.05, 3.63) is 61.9 Å². The van der Waals surface area contributed by atoms with Crippen LogP contribution in [0.25, 0.3) is 0 Å². The third kappa shape index (κ3) is 3.91. The lowest BCUT2D eigenvalue weighted by molar-refractivity contribution is -0.116. The van der Waals surface area contributed by atoms with Gasteiger partial charge in [0.1, 0.15) is 0 Å². The van der Waals surface area contributed by atoms with Gasteiger partial charge in [-0.05, 0) is 12.2 Å². The summed E-state index contributed by atoms with van der Waals surface area (Å²) in [6.45, 7) is 14.0. The Bertz CT molecular complexity index is 284. The molecule has 2 heteroatoms. The number of hydrogen-bond donors (Lipinski definition) is 1. The Labute approximate surface area is 78.7 Å². The number of carbonyl (C=O) groups is 1. The molecule has 2 nitrogen and oxygen atoms in total. The van der Waals surface area contributed by atoms with Crippen molar-refractivity contribution in [3.8, 4) is 0 Å². The van der Waals surface area contributed by atoms with Gasteiger partial charge in [-0.3, -0.25) is 4.79 Å². The molecule has 0 heterocycles. The molecule has 0 atom stereocenters. The lowest BCUT2D eigenvalue weighted by Gasteiger charge is -2.03. The van der Waals surface area contributed by atoms with Gasteiger partial charge < -0.3 is 5.32 Å². The zero-order valence-electron chi connectivity index (χ0n) is 7.55. The Morgan fingerprint density at radius 3 is 2.15 bits per heavy atom. The highest BCUT2D eigenvalue weighted by molar-refractivity contribution is 5.96. The van der Waals surface area contributed by atoms with E-state index in [1.54, 1.807) is 12.2 Å². The average molecular weight is 175 g/mol. The number of carbonyl (C=O) groups excluding carboxylic acids is 1. The summed E-state index contributed by atoms with van der Waals surface area (Å²) in [5, 5.41) is 2.58. The van der Waals surface area contributed by atoms with Gasteiger partial charge in [0.2, 0.25) is 0 Å². The number of nitrogens with one attached hydrogen (secondary N) is 1. The molecule has 0 spiro atoms. The predicted molar refractivity (Wildman–Crippen MR) is 56.0 cm³/mol. The van der Waals surface area contributed by atoms with Crippen molar-refractivity contribution < 1.29 is 4.79 Å². The van der Waals surface area contributed by atoms with E-state index in [9.17, 15) is 4.79 Å². The van der Waals surface area contributed by atoms with Crippen molar-refractivity contribution in [3.63, 3.8) is 0 Å². The van der Waals surface area contributed by atoms with Crippen LogP contribution in [-0.4, -0.2) is 5.91 Å². The number of hydrogen-bond acceptors (Lipinski definition) is 1. The third-order valence-electron chi connectivity index (χ3n) is 1.31. The first-order valence-corrected chi connectivity index (χ1v) is 3.73. The van der Waals surface area contributed by atoms with Gasteiger partial charge in [0.15, 0.2) is 0 Å². The van der Waals surface area contributed by atoms with Gasteiger partial charge in [-0.2, -0.15) is 0 Å². The van der Waals surface area contributed by atoms with Crippen LogP contribution >= 0.6 is 0 Å². The molecule has 0 unspecified atom stereocenters. The van der Waals surface area contributed by atoms with Gasteiger partial charge in [0.05, 0.1) is 0 Å². The van der Waals surface area contributed by atoms with Crippen molar-refractivity contribution in [2.24, 2.45) is 0 Å². The molecule has 0 radical (unpaired) electrons. The SMILES string of the molecule is C=C/C=C(\C=C)NC(=O)C(=C)C=C. The first-order chi connectivity index (χ1) is 6.15. The minimum absolute atomic E-state index is 0.289. The Balaban J connectivity index is 4.42. The molecule has 0 bridgehead atoms. The fourth-order valence-corrected chi connectivity index (χ4v) is 0.592. The van der Waals surface area contributed by atoms with Gasteiger partial charge in [-0.15, -0.1) is 0 Å². The van der Waals surface area contributed by atoms with Gasteiger partial charge in [-0.1, -0.05) is 38.5 Å². The van der Waals surface area contributed by atoms with Gasteiger partial charge in [-0.25, -0.2) is 0 Å². The molecule has 0 saturated heterocycles. The van der Waals surface area contributed by atoms with E-state index in [1.807, 2.05) is 0 Å². The maximum Gasteiger partial charge on any atom is 0.255 e. The van der Waals surface area contributed by atoms with Crippen LogP contribution in [0.1, 0.15) is 0 Å². The Kier molecular flexibility index (Phi) is 4.96. The van der Waals surface area contributed by atoms with E-state index in [0.29, 0.717) is 11.3 Å². The molecule has 0 aliphatic rings. The van der Waals surface area contributed by atoms with Crippen molar-refractivity contribution in [2.75, 3.05) is 0 Å². The van der Waals surface area contributed by atoms with E-state index < -0.39 is 0 Å². The largest absolute Gasteiger partial charge is 0.322 e. The molecule has 68 valence electrons. The second kappa shape index (κ2) is 5.77. The number of amides is 1. The monoisotopic (exact) mass is 175 g/mol. The van der Waals surface area contributed by atoms with E-state index >= 15 is 0 Å². The minimum Gasteiger partial charge on any atom is -0.322 e. The summed E-state index contributed by atoms with van der Waals surface area (Å²) in [6, 6.07) is 0. The fourth-order valence-electron chi connectivity index (χ4n) is 0.592. The third-order valence-corrected chi connectivity index (χ3v) is 1.31. The number of rotatable bonds is 5. The Morgan fingerprint density at radius 1 is 1.15 bits per heavy atom. The topological polar surface area (TPSA) is 29.1 Å². The number of allylic oxidation sites excluding steroid dienone is 3. The summed E-state index contributed by atoms with van der Waals surface area (Å²) in [4.78, 5) is 11.2. The highest BCUT2D eigenvalue weighted by Gasteiger charge is 2.02. The summed E-state index contributed by atoms with van der Waals surface area (Å²) in [5.41, 5.74) is 0.903. The second-order valence-electron chi connectivity index (χ2n) is 2.25. The second-order valence-corrected chi connectivity index (χ2v) is 2.25. The summed E-state index contributed by atoms with van der Waals surface area (Å²) in [7, 11) is 0. The van der Waals surface area contributed by atoms with Crippen molar-refractivity contribution in [1.29, 1.82) is 0 Å². The molecule has 0 fully saturated rings. The normalized spacial score (nSPS) is 10.0. The molecule has 0 rings (SSSR count). The summed E-state index contributed by atoms with van der Waals surface area (Å²) in [5.74, 6) is -0.289. The maximum atomic E-state index is 11.2. The van der Waals surface area contributed by atoms with Gasteiger partial charge >= 0.3 is 0 Å². The molecule has 0 aromatic rings. The summed E-state index contributed by atoms with van der Waals surface area (Å²) >= 11 is 0. The van der Waals surface area contributed by atoms with E-state index in [0.717, 1.165) is 0 Å². The van der Waals surface area contributed by atoms with Crippen LogP contribution in [0.15, 0.2) is 61.9 Å². The van der Waals surface area contributed by atoms with Gasteiger partial charge in [0.25, 0.3) is 5.91 Å². The molecule has 0 saturated carbocycles. The zero-order valence-corrected chi connectivity index (χ0v) is 7.55. The lowest BCUT2D eigenvalue weighted by Crippen LogP contribution is -2.22. The maximum absolute atomic E-state index is 11.2. The van der Waals surface area contributed by atoms with E-state index in [4.69, 9.17) is 0 Å². The van der Waals surface area contributed by atoms with E-state index in [-0.39, 0.29) is 5.91 Å². The zero-order chi connectivity index (χ0) is 10.3. The first-order valence-electron chi connectivity index (χ1n) is 3.73. The first kappa shape index (κ1) is 11.2. The molecule has 13 heavy (non-hydrogen) atoms. The van der Waals surface area contributed by atoms with Crippen LogP contribution in [0, 0.1) is 0 Å². The molecular formula is C11H13NO. The molecule has 1 N–H and O–H groups in total. The fraction of sp³-hybridized carbons (Fsp3) is 0.